The van der Waals surface area contributed by atoms with Gasteiger partial charge in [-0.1, -0.05) is 0 Å². The van der Waals surface area contributed by atoms with Crippen molar-refractivity contribution in [3.05, 3.63) is 29.6 Å². The molecule has 0 amide bonds. The van der Waals surface area contributed by atoms with Gasteiger partial charge < -0.3 is 10.2 Å². The topological polar surface area (TPSA) is 15.3 Å². The van der Waals surface area contributed by atoms with Crippen LogP contribution in [0, 0.1) is 17.5 Å². The van der Waals surface area contributed by atoms with E-state index >= 15 is 0 Å². The number of nitrogens with one attached hydrogen (secondary N) is 1. The van der Waals surface area contributed by atoms with Crippen LogP contribution in [0.4, 0.5) is 18.9 Å². The number of anilines is 1. The van der Waals surface area contributed by atoms with Crippen molar-refractivity contribution in [1.29, 1.82) is 0 Å². The number of hydrogen-bond donors (Lipinski definition) is 1. The molecule has 88 valence electrons. The minimum Gasteiger partial charge on any atom is -0.381 e. The van der Waals surface area contributed by atoms with Gasteiger partial charge in [0.25, 0.3) is 0 Å². The first-order valence-corrected chi connectivity index (χ1v) is 5.16. The highest BCUT2D eigenvalue weighted by atomic mass is 19.2. The van der Waals surface area contributed by atoms with Gasteiger partial charge in [-0.25, -0.2) is 13.2 Å². The molecule has 16 heavy (non-hydrogen) atoms. The van der Waals surface area contributed by atoms with E-state index in [0.717, 1.165) is 31.6 Å². The molecule has 1 N–H and O–H groups in total. The standard InChI is InChI=1S/C11H13F3N2/c1-16-3-2-7(6-16)15-8-4-9(12)11(14)10(13)5-8/h4-5,7,15H,2-3,6H2,1H3. The quantitative estimate of drug-likeness (QED) is 0.784. The normalized spacial score (nSPS) is 21.4. The van der Waals surface area contributed by atoms with Gasteiger partial charge in [-0.05, 0) is 20.0 Å². The Hall–Kier alpha value is -1.23. The maximum Gasteiger partial charge on any atom is 0.194 e. The number of likely N-dealkylation sites (N-methyl/N-ethyl adjacent to an activating group) is 1. The Labute approximate surface area is 92.1 Å². The highest BCUT2D eigenvalue weighted by Crippen LogP contribution is 2.20. The first-order valence-electron chi connectivity index (χ1n) is 5.16. The molecule has 5 heteroatoms. The maximum absolute atomic E-state index is 12.9. The van der Waals surface area contributed by atoms with E-state index in [-0.39, 0.29) is 11.7 Å². The molecule has 0 radical (unpaired) electrons. The fraction of sp³-hybridized carbons (Fsp3) is 0.455. The van der Waals surface area contributed by atoms with E-state index in [1.54, 1.807) is 0 Å². The van der Waals surface area contributed by atoms with Crippen molar-refractivity contribution >= 4 is 5.69 Å². The smallest absolute Gasteiger partial charge is 0.194 e. The number of halogens is 3. The molecule has 2 nitrogen and oxygen atoms in total. The van der Waals surface area contributed by atoms with Crippen LogP contribution in [0.25, 0.3) is 0 Å². The Morgan fingerprint density at radius 2 is 1.88 bits per heavy atom. The maximum atomic E-state index is 12.9. The third-order valence-electron chi connectivity index (χ3n) is 2.75. The third-order valence-corrected chi connectivity index (χ3v) is 2.75. The lowest BCUT2D eigenvalue weighted by atomic mass is 10.2. The summed E-state index contributed by atoms with van der Waals surface area (Å²) in [5.41, 5.74) is 0.289. The predicted octanol–water partition coefficient (Wildman–Crippen LogP) is 2.22. The van der Waals surface area contributed by atoms with Crippen LogP contribution in [-0.4, -0.2) is 31.1 Å². The molecule has 0 bridgehead atoms. The van der Waals surface area contributed by atoms with Crippen LogP contribution in [-0.2, 0) is 0 Å². The molecule has 1 fully saturated rings. The highest BCUT2D eigenvalue weighted by Gasteiger charge is 2.20. The third kappa shape index (κ3) is 2.29. The molecule has 1 aromatic carbocycles. The zero-order valence-corrected chi connectivity index (χ0v) is 8.93. The van der Waals surface area contributed by atoms with Crippen LogP contribution in [0.1, 0.15) is 6.42 Å². The lowest BCUT2D eigenvalue weighted by Gasteiger charge is -2.14. The average Bonchev–Trinajstić information content (AvgIpc) is 2.60. The van der Waals surface area contributed by atoms with Crippen molar-refractivity contribution in [2.75, 3.05) is 25.5 Å². The summed E-state index contributed by atoms with van der Waals surface area (Å²) in [5.74, 6) is -3.74. The summed E-state index contributed by atoms with van der Waals surface area (Å²) >= 11 is 0. The zero-order valence-electron chi connectivity index (χ0n) is 8.93. The van der Waals surface area contributed by atoms with Gasteiger partial charge in [0, 0.05) is 30.4 Å². The summed E-state index contributed by atoms with van der Waals surface area (Å²) < 4.78 is 38.6. The second-order valence-corrected chi connectivity index (χ2v) is 4.15. The summed E-state index contributed by atoms with van der Waals surface area (Å²) in [6.07, 6.45) is 0.914. The van der Waals surface area contributed by atoms with Gasteiger partial charge >= 0.3 is 0 Å². The first kappa shape index (κ1) is 11.3. The number of hydrogen-bond acceptors (Lipinski definition) is 2. The lowest BCUT2D eigenvalue weighted by Crippen LogP contribution is -2.23. The van der Waals surface area contributed by atoms with Crippen LogP contribution < -0.4 is 5.32 Å². The summed E-state index contributed by atoms with van der Waals surface area (Å²) in [7, 11) is 1.98. The van der Waals surface area contributed by atoms with Crippen molar-refractivity contribution in [2.24, 2.45) is 0 Å². The lowest BCUT2D eigenvalue weighted by molar-refractivity contribution is 0.414. The van der Waals surface area contributed by atoms with Gasteiger partial charge in [0.05, 0.1) is 0 Å². The van der Waals surface area contributed by atoms with Crippen molar-refractivity contribution in [2.45, 2.75) is 12.5 Å². The molecule has 0 spiro atoms. The molecular formula is C11H13F3N2. The average molecular weight is 230 g/mol. The Balaban J connectivity index is 2.10. The van der Waals surface area contributed by atoms with E-state index in [0.29, 0.717) is 0 Å². The summed E-state index contributed by atoms with van der Waals surface area (Å²) in [4.78, 5) is 2.12. The summed E-state index contributed by atoms with van der Waals surface area (Å²) in [6.45, 7) is 1.77. The zero-order chi connectivity index (χ0) is 11.7. The van der Waals surface area contributed by atoms with E-state index in [1.165, 1.54) is 0 Å². The van der Waals surface area contributed by atoms with Gasteiger partial charge in [0.1, 0.15) is 0 Å². The molecule has 1 heterocycles. The van der Waals surface area contributed by atoms with Crippen molar-refractivity contribution in [3.63, 3.8) is 0 Å². The molecule has 0 aliphatic carbocycles. The largest absolute Gasteiger partial charge is 0.381 e. The Kier molecular flexibility index (Phi) is 3.05. The van der Waals surface area contributed by atoms with Crippen LogP contribution in [0.2, 0.25) is 0 Å². The molecule has 1 saturated heterocycles. The van der Waals surface area contributed by atoms with Gasteiger partial charge in [-0.15, -0.1) is 0 Å². The number of benzene rings is 1. The fourth-order valence-corrected chi connectivity index (χ4v) is 1.93. The molecule has 0 aromatic heterocycles. The molecule has 0 saturated carbocycles. The van der Waals surface area contributed by atoms with Gasteiger partial charge in [0.15, 0.2) is 17.5 Å². The van der Waals surface area contributed by atoms with E-state index in [9.17, 15) is 13.2 Å². The Morgan fingerprint density at radius 1 is 1.25 bits per heavy atom. The van der Waals surface area contributed by atoms with Crippen LogP contribution in [0.3, 0.4) is 0 Å². The molecule has 1 aliphatic heterocycles. The molecule has 2 rings (SSSR count). The SMILES string of the molecule is CN1CCC(Nc2cc(F)c(F)c(F)c2)C1. The predicted molar refractivity (Wildman–Crippen MR) is 55.8 cm³/mol. The second-order valence-electron chi connectivity index (χ2n) is 4.15. The van der Waals surface area contributed by atoms with Crippen molar-refractivity contribution in [1.82, 2.24) is 4.90 Å². The van der Waals surface area contributed by atoms with Crippen molar-refractivity contribution in [3.8, 4) is 0 Å². The Bertz CT molecular complexity index is 372. The second kappa shape index (κ2) is 4.33. The van der Waals surface area contributed by atoms with Crippen LogP contribution in [0.15, 0.2) is 12.1 Å². The number of nitrogens with zero attached hydrogens (tertiary/aromatic N) is 1. The van der Waals surface area contributed by atoms with Crippen LogP contribution in [0.5, 0.6) is 0 Å². The van der Waals surface area contributed by atoms with Gasteiger partial charge in [0.2, 0.25) is 0 Å². The van der Waals surface area contributed by atoms with E-state index in [4.69, 9.17) is 0 Å². The Morgan fingerprint density at radius 3 is 2.38 bits per heavy atom. The summed E-state index contributed by atoms with van der Waals surface area (Å²) in [6, 6.07) is 2.13. The molecule has 1 aliphatic rings. The van der Waals surface area contributed by atoms with Gasteiger partial charge in [-0.3, -0.25) is 0 Å². The van der Waals surface area contributed by atoms with E-state index < -0.39 is 17.5 Å². The minimum absolute atomic E-state index is 0.161. The van der Waals surface area contributed by atoms with Crippen LogP contribution >= 0.6 is 0 Å². The monoisotopic (exact) mass is 230 g/mol. The van der Waals surface area contributed by atoms with E-state index in [1.807, 2.05) is 7.05 Å². The molecule has 1 unspecified atom stereocenters. The van der Waals surface area contributed by atoms with Gasteiger partial charge in [-0.2, -0.15) is 0 Å². The van der Waals surface area contributed by atoms with E-state index in [2.05, 4.69) is 10.2 Å². The summed E-state index contributed by atoms with van der Waals surface area (Å²) in [5, 5.41) is 2.99. The number of likely N-dealkylation sites (tertiary alicyclic amines) is 1. The van der Waals surface area contributed by atoms with Crippen molar-refractivity contribution < 1.29 is 13.2 Å². The first-order chi connectivity index (χ1) is 7.56. The fourth-order valence-electron chi connectivity index (χ4n) is 1.93. The molecule has 1 atom stereocenters. The minimum atomic E-state index is -1.42. The molecular weight excluding hydrogens is 217 g/mol. The highest BCUT2D eigenvalue weighted by molar-refractivity contribution is 5.45. The number of rotatable bonds is 2. The molecule has 1 aromatic rings.